The van der Waals surface area contributed by atoms with Crippen molar-refractivity contribution < 1.29 is 15.0 Å². The van der Waals surface area contributed by atoms with Gasteiger partial charge in [-0.05, 0) is 11.1 Å². The number of hydrogen-bond acceptors (Lipinski definition) is 3. The molecule has 2 aromatic rings. The highest BCUT2D eigenvalue weighted by atomic mass is 16.4. The second-order valence-corrected chi connectivity index (χ2v) is 4.62. The molecule has 0 amide bonds. The van der Waals surface area contributed by atoms with Gasteiger partial charge in [0.25, 0.3) is 0 Å². The minimum atomic E-state index is -1.09. The van der Waals surface area contributed by atoms with E-state index in [0.29, 0.717) is 5.56 Å². The van der Waals surface area contributed by atoms with E-state index in [9.17, 15) is 9.90 Å². The fraction of sp³-hybridized carbons (Fsp3) is 0.200. The molecule has 0 saturated carbocycles. The molecule has 2 N–H and O–H groups in total. The van der Waals surface area contributed by atoms with Crippen LogP contribution in [0.2, 0.25) is 0 Å². The topological polar surface area (TPSA) is 75.4 Å². The largest absolute Gasteiger partial charge is 0.478 e. The van der Waals surface area contributed by atoms with Gasteiger partial charge in [0.15, 0.2) is 0 Å². The first-order chi connectivity index (χ1) is 9.49. The summed E-state index contributed by atoms with van der Waals surface area (Å²) in [7, 11) is 1.81. The van der Waals surface area contributed by atoms with E-state index in [0.717, 1.165) is 11.1 Å². The Kier molecular flexibility index (Phi) is 4.00. The van der Waals surface area contributed by atoms with Crippen molar-refractivity contribution in [3.63, 3.8) is 0 Å². The Morgan fingerprint density at radius 3 is 2.75 bits per heavy atom. The molecule has 0 aliphatic rings. The molecular weight excluding hydrogens is 256 g/mol. The van der Waals surface area contributed by atoms with Gasteiger partial charge in [-0.1, -0.05) is 30.8 Å². The van der Waals surface area contributed by atoms with Gasteiger partial charge in [-0.3, -0.25) is 4.68 Å². The summed E-state index contributed by atoms with van der Waals surface area (Å²) in [6, 6.07) is 7.33. The molecule has 2 rings (SSSR count). The molecule has 1 unspecified atom stereocenters. The number of benzene rings is 1. The monoisotopic (exact) mass is 272 g/mol. The maximum absolute atomic E-state index is 10.8. The van der Waals surface area contributed by atoms with Crippen LogP contribution >= 0.6 is 0 Å². The minimum absolute atomic E-state index is 0.00733. The molecule has 1 aromatic heterocycles. The number of carbonyl (C=O) groups is 1. The number of nitrogens with zero attached hydrogens (tertiary/aromatic N) is 2. The summed E-state index contributed by atoms with van der Waals surface area (Å²) in [5.41, 5.74) is 2.37. The summed E-state index contributed by atoms with van der Waals surface area (Å²) in [6.45, 7) is 3.45. The SMILES string of the molecule is C=C(CC(O)c1ccccc1-c1cnn(C)c1)C(=O)O. The van der Waals surface area contributed by atoms with Crippen molar-refractivity contribution in [3.05, 3.63) is 54.4 Å². The van der Waals surface area contributed by atoms with Crippen molar-refractivity contribution in [1.29, 1.82) is 0 Å². The van der Waals surface area contributed by atoms with Gasteiger partial charge in [-0.15, -0.1) is 0 Å². The quantitative estimate of drug-likeness (QED) is 0.818. The average Bonchev–Trinajstić information content (AvgIpc) is 2.85. The maximum Gasteiger partial charge on any atom is 0.331 e. The first kappa shape index (κ1) is 14.0. The molecule has 5 nitrogen and oxygen atoms in total. The lowest BCUT2D eigenvalue weighted by Gasteiger charge is -2.14. The molecule has 5 heteroatoms. The molecule has 0 fully saturated rings. The first-order valence-corrected chi connectivity index (χ1v) is 6.16. The third-order valence-electron chi connectivity index (χ3n) is 3.08. The summed E-state index contributed by atoms with van der Waals surface area (Å²) in [4.78, 5) is 10.8. The van der Waals surface area contributed by atoms with Crippen LogP contribution in [0.4, 0.5) is 0 Å². The van der Waals surface area contributed by atoms with Crippen molar-refractivity contribution in [3.8, 4) is 11.1 Å². The first-order valence-electron chi connectivity index (χ1n) is 6.16. The second kappa shape index (κ2) is 5.71. The highest BCUT2D eigenvalue weighted by Crippen LogP contribution is 2.30. The molecule has 0 aliphatic heterocycles. The molecule has 0 saturated heterocycles. The Balaban J connectivity index is 2.32. The number of aliphatic hydroxyl groups is 1. The Labute approximate surface area is 116 Å². The van der Waals surface area contributed by atoms with E-state index in [2.05, 4.69) is 11.7 Å². The van der Waals surface area contributed by atoms with Crippen molar-refractivity contribution in [2.45, 2.75) is 12.5 Å². The van der Waals surface area contributed by atoms with Crippen LogP contribution in [0, 0.1) is 0 Å². The fourth-order valence-electron chi connectivity index (χ4n) is 2.04. The van der Waals surface area contributed by atoms with Gasteiger partial charge in [-0.2, -0.15) is 5.10 Å². The van der Waals surface area contributed by atoms with E-state index in [1.54, 1.807) is 16.9 Å². The van der Waals surface area contributed by atoms with Crippen LogP contribution in [-0.2, 0) is 11.8 Å². The molecule has 1 heterocycles. The van der Waals surface area contributed by atoms with E-state index in [1.807, 2.05) is 31.4 Å². The zero-order chi connectivity index (χ0) is 14.7. The van der Waals surface area contributed by atoms with Gasteiger partial charge in [-0.25, -0.2) is 4.79 Å². The van der Waals surface area contributed by atoms with E-state index < -0.39 is 12.1 Å². The smallest absolute Gasteiger partial charge is 0.331 e. The number of carboxylic acids is 1. The molecule has 1 atom stereocenters. The molecule has 20 heavy (non-hydrogen) atoms. The Morgan fingerprint density at radius 1 is 1.45 bits per heavy atom. The van der Waals surface area contributed by atoms with Gasteiger partial charge in [0.05, 0.1) is 12.3 Å². The van der Waals surface area contributed by atoms with Crippen LogP contribution in [0.25, 0.3) is 11.1 Å². The normalized spacial score (nSPS) is 12.1. The number of aryl methyl sites for hydroxylation is 1. The maximum atomic E-state index is 10.8. The van der Waals surface area contributed by atoms with E-state index in [1.165, 1.54) is 0 Å². The zero-order valence-electron chi connectivity index (χ0n) is 11.2. The van der Waals surface area contributed by atoms with Crippen LogP contribution in [0.3, 0.4) is 0 Å². The molecule has 0 spiro atoms. The number of aliphatic carboxylic acids is 1. The summed E-state index contributed by atoms with van der Waals surface area (Å²) in [5, 5.41) is 23.2. The third-order valence-corrected chi connectivity index (χ3v) is 3.08. The summed E-state index contributed by atoms with van der Waals surface area (Å²) in [5.74, 6) is -1.09. The molecular formula is C15H16N2O3. The number of aliphatic hydroxyl groups excluding tert-OH is 1. The van der Waals surface area contributed by atoms with E-state index >= 15 is 0 Å². The molecule has 0 radical (unpaired) electrons. The van der Waals surface area contributed by atoms with Gasteiger partial charge in [0, 0.05) is 30.8 Å². The Bertz CT molecular complexity index is 646. The number of aromatic nitrogens is 2. The number of carboxylic acid groups (broad SMARTS) is 1. The molecule has 0 bridgehead atoms. The van der Waals surface area contributed by atoms with Crippen LogP contribution in [0.1, 0.15) is 18.1 Å². The van der Waals surface area contributed by atoms with Gasteiger partial charge in [0.1, 0.15) is 0 Å². The summed E-state index contributed by atoms with van der Waals surface area (Å²) >= 11 is 0. The van der Waals surface area contributed by atoms with Crippen molar-refractivity contribution in [1.82, 2.24) is 9.78 Å². The van der Waals surface area contributed by atoms with E-state index in [4.69, 9.17) is 5.11 Å². The predicted molar refractivity (Wildman–Crippen MR) is 75.0 cm³/mol. The average molecular weight is 272 g/mol. The van der Waals surface area contributed by atoms with Crippen LogP contribution in [0.5, 0.6) is 0 Å². The van der Waals surface area contributed by atoms with Gasteiger partial charge < -0.3 is 10.2 Å². The standard InChI is InChI=1S/C15H16N2O3/c1-10(15(19)20)7-14(18)13-6-4-3-5-12(13)11-8-16-17(2)9-11/h3-6,8-9,14,18H,1,7H2,2H3,(H,19,20). The van der Waals surface area contributed by atoms with Crippen molar-refractivity contribution in [2.24, 2.45) is 7.05 Å². The van der Waals surface area contributed by atoms with Crippen molar-refractivity contribution in [2.75, 3.05) is 0 Å². The van der Waals surface area contributed by atoms with Crippen LogP contribution in [0.15, 0.2) is 48.8 Å². The highest BCUT2D eigenvalue weighted by molar-refractivity contribution is 5.85. The molecule has 0 aliphatic carbocycles. The molecule has 1 aromatic carbocycles. The highest BCUT2D eigenvalue weighted by Gasteiger charge is 2.17. The summed E-state index contributed by atoms with van der Waals surface area (Å²) in [6.07, 6.45) is 2.64. The van der Waals surface area contributed by atoms with Crippen molar-refractivity contribution >= 4 is 5.97 Å². The second-order valence-electron chi connectivity index (χ2n) is 4.62. The lowest BCUT2D eigenvalue weighted by Crippen LogP contribution is -2.06. The lowest BCUT2D eigenvalue weighted by molar-refractivity contribution is -0.133. The molecule has 104 valence electrons. The van der Waals surface area contributed by atoms with Gasteiger partial charge >= 0.3 is 5.97 Å². The number of hydrogen-bond donors (Lipinski definition) is 2. The lowest BCUT2D eigenvalue weighted by atomic mass is 9.95. The van der Waals surface area contributed by atoms with Crippen LogP contribution < -0.4 is 0 Å². The third kappa shape index (κ3) is 2.95. The van der Waals surface area contributed by atoms with Crippen LogP contribution in [-0.4, -0.2) is 26.0 Å². The fourth-order valence-corrected chi connectivity index (χ4v) is 2.04. The zero-order valence-corrected chi connectivity index (χ0v) is 11.2. The minimum Gasteiger partial charge on any atom is -0.478 e. The van der Waals surface area contributed by atoms with E-state index in [-0.39, 0.29) is 12.0 Å². The number of rotatable bonds is 5. The van der Waals surface area contributed by atoms with Gasteiger partial charge in [0.2, 0.25) is 0 Å². The Hall–Kier alpha value is -2.40. The predicted octanol–water partition coefficient (Wildman–Crippen LogP) is 2.15. The summed E-state index contributed by atoms with van der Waals surface area (Å²) < 4.78 is 1.68. The Morgan fingerprint density at radius 2 is 2.15 bits per heavy atom.